The van der Waals surface area contributed by atoms with Crippen LogP contribution in [0.5, 0.6) is 5.75 Å². The highest BCUT2D eigenvalue weighted by atomic mass is 16.5. The molecule has 2 N–H and O–H groups in total. The van der Waals surface area contributed by atoms with Crippen molar-refractivity contribution < 1.29 is 23.9 Å². The number of esters is 1. The van der Waals surface area contributed by atoms with Crippen molar-refractivity contribution in [3.8, 4) is 5.75 Å². The Kier molecular flexibility index (Phi) is 8.02. The van der Waals surface area contributed by atoms with Gasteiger partial charge in [0.15, 0.2) is 6.61 Å². The van der Waals surface area contributed by atoms with Crippen molar-refractivity contribution in [3.05, 3.63) is 54.1 Å². The Morgan fingerprint density at radius 3 is 2.36 bits per heavy atom. The molecular formula is C21H24N2O5. The SMILES string of the molecule is CCCCOC(=O)c1ccc(NC(=O)COc2ccccc2NC(C)=O)cc1. The van der Waals surface area contributed by atoms with Gasteiger partial charge >= 0.3 is 5.97 Å². The van der Waals surface area contributed by atoms with Crippen molar-refractivity contribution in [3.63, 3.8) is 0 Å². The van der Waals surface area contributed by atoms with Crippen LogP contribution in [-0.2, 0) is 14.3 Å². The molecule has 0 saturated heterocycles. The fourth-order valence-corrected chi connectivity index (χ4v) is 2.31. The molecule has 2 aromatic carbocycles. The highest BCUT2D eigenvalue weighted by Gasteiger charge is 2.10. The lowest BCUT2D eigenvalue weighted by Crippen LogP contribution is -2.20. The number of hydrogen-bond acceptors (Lipinski definition) is 5. The van der Waals surface area contributed by atoms with Crippen LogP contribution in [0.25, 0.3) is 0 Å². The first-order valence-corrected chi connectivity index (χ1v) is 9.06. The van der Waals surface area contributed by atoms with Crippen molar-refractivity contribution in [2.75, 3.05) is 23.8 Å². The minimum Gasteiger partial charge on any atom is -0.482 e. The van der Waals surface area contributed by atoms with Gasteiger partial charge in [0.25, 0.3) is 5.91 Å². The Morgan fingerprint density at radius 2 is 1.68 bits per heavy atom. The molecule has 0 atom stereocenters. The molecule has 2 rings (SSSR count). The molecule has 0 heterocycles. The first-order valence-electron chi connectivity index (χ1n) is 9.06. The molecular weight excluding hydrogens is 360 g/mol. The predicted molar refractivity (Wildman–Crippen MR) is 107 cm³/mol. The van der Waals surface area contributed by atoms with Crippen LogP contribution in [0.3, 0.4) is 0 Å². The van der Waals surface area contributed by atoms with Gasteiger partial charge in [-0.15, -0.1) is 0 Å². The summed E-state index contributed by atoms with van der Waals surface area (Å²) < 4.78 is 10.6. The summed E-state index contributed by atoms with van der Waals surface area (Å²) in [6.07, 6.45) is 1.78. The second-order valence-electron chi connectivity index (χ2n) is 6.08. The minimum atomic E-state index is -0.385. The average Bonchev–Trinajstić information content (AvgIpc) is 2.67. The zero-order valence-electron chi connectivity index (χ0n) is 16.0. The van der Waals surface area contributed by atoms with Crippen LogP contribution in [-0.4, -0.2) is 31.0 Å². The first kappa shape index (κ1) is 21.0. The predicted octanol–water partition coefficient (Wildman–Crippen LogP) is 3.62. The van der Waals surface area contributed by atoms with Crippen LogP contribution < -0.4 is 15.4 Å². The van der Waals surface area contributed by atoms with E-state index in [9.17, 15) is 14.4 Å². The van der Waals surface area contributed by atoms with E-state index in [2.05, 4.69) is 10.6 Å². The lowest BCUT2D eigenvalue weighted by Gasteiger charge is -2.12. The number of rotatable bonds is 9. The van der Waals surface area contributed by atoms with Gasteiger partial charge in [-0.25, -0.2) is 4.79 Å². The second-order valence-corrected chi connectivity index (χ2v) is 6.08. The van der Waals surface area contributed by atoms with Gasteiger partial charge in [-0.05, 0) is 42.8 Å². The summed E-state index contributed by atoms with van der Waals surface area (Å²) in [5.74, 6) is -0.577. The zero-order valence-corrected chi connectivity index (χ0v) is 16.0. The molecule has 0 radical (unpaired) electrons. The lowest BCUT2D eigenvalue weighted by atomic mass is 10.2. The molecule has 0 bridgehead atoms. The van der Waals surface area contributed by atoms with E-state index >= 15 is 0 Å². The van der Waals surface area contributed by atoms with Gasteiger partial charge in [0, 0.05) is 12.6 Å². The summed E-state index contributed by atoms with van der Waals surface area (Å²) in [6.45, 7) is 3.59. The normalized spacial score (nSPS) is 10.1. The van der Waals surface area contributed by atoms with Crippen molar-refractivity contribution >= 4 is 29.2 Å². The van der Waals surface area contributed by atoms with Crippen molar-refractivity contribution in [2.45, 2.75) is 26.7 Å². The fraction of sp³-hybridized carbons (Fsp3) is 0.286. The Morgan fingerprint density at radius 1 is 0.964 bits per heavy atom. The summed E-state index contributed by atoms with van der Waals surface area (Å²) >= 11 is 0. The maximum absolute atomic E-state index is 12.1. The number of carbonyl (C=O) groups excluding carboxylic acids is 3. The number of benzene rings is 2. The monoisotopic (exact) mass is 384 g/mol. The number of para-hydroxylation sites is 2. The Labute approximate surface area is 164 Å². The standard InChI is InChI=1S/C21H24N2O5/c1-3-4-13-27-21(26)16-9-11-17(12-10-16)23-20(25)14-28-19-8-6-5-7-18(19)22-15(2)24/h5-12H,3-4,13-14H2,1-2H3,(H,22,24)(H,23,25). The molecule has 0 aliphatic heterocycles. The van der Waals surface area contributed by atoms with Crippen molar-refractivity contribution in [1.29, 1.82) is 0 Å². The largest absolute Gasteiger partial charge is 0.482 e. The van der Waals surface area contributed by atoms with Crippen molar-refractivity contribution in [1.82, 2.24) is 0 Å². The number of amides is 2. The van der Waals surface area contributed by atoms with Gasteiger partial charge in [0.05, 0.1) is 17.9 Å². The third-order valence-electron chi connectivity index (χ3n) is 3.69. The van der Waals surface area contributed by atoms with Crippen LogP contribution in [0.2, 0.25) is 0 Å². The molecule has 0 aliphatic carbocycles. The second kappa shape index (κ2) is 10.7. The number of nitrogens with one attached hydrogen (secondary N) is 2. The molecule has 0 spiro atoms. The van der Waals surface area contributed by atoms with E-state index in [-0.39, 0.29) is 24.4 Å². The van der Waals surface area contributed by atoms with Crippen LogP contribution >= 0.6 is 0 Å². The van der Waals surface area contributed by atoms with Gasteiger partial charge in [-0.3, -0.25) is 9.59 Å². The maximum Gasteiger partial charge on any atom is 0.338 e. The third kappa shape index (κ3) is 6.75. The Bertz CT molecular complexity index is 818. The van der Waals surface area contributed by atoms with E-state index in [1.165, 1.54) is 6.92 Å². The van der Waals surface area contributed by atoms with Gasteiger partial charge in [-0.1, -0.05) is 25.5 Å². The van der Waals surface area contributed by atoms with Gasteiger partial charge < -0.3 is 20.1 Å². The molecule has 0 unspecified atom stereocenters. The van der Waals surface area contributed by atoms with E-state index in [0.717, 1.165) is 12.8 Å². The minimum absolute atomic E-state index is 0.225. The number of carbonyl (C=O) groups is 3. The summed E-state index contributed by atoms with van der Waals surface area (Å²) in [7, 11) is 0. The number of hydrogen-bond donors (Lipinski definition) is 2. The fourth-order valence-electron chi connectivity index (χ4n) is 2.31. The Balaban J connectivity index is 1.87. The van der Waals surface area contributed by atoms with Crippen molar-refractivity contribution in [2.24, 2.45) is 0 Å². The number of ether oxygens (including phenoxy) is 2. The van der Waals surface area contributed by atoms with Crippen LogP contribution in [0.4, 0.5) is 11.4 Å². The molecule has 28 heavy (non-hydrogen) atoms. The molecule has 7 heteroatoms. The lowest BCUT2D eigenvalue weighted by molar-refractivity contribution is -0.118. The van der Waals surface area contributed by atoms with E-state index in [0.29, 0.717) is 29.3 Å². The summed E-state index contributed by atoms with van der Waals surface area (Å²) in [5, 5.41) is 5.33. The first-order chi connectivity index (χ1) is 13.5. The topological polar surface area (TPSA) is 93.7 Å². The highest BCUT2D eigenvalue weighted by Crippen LogP contribution is 2.23. The van der Waals surface area contributed by atoms with Gasteiger partial charge in [0.1, 0.15) is 5.75 Å². The van der Waals surface area contributed by atoms with Gasteiger partial charge in [0.2, 0.25) is 5.91 Å². The molecule has 0 saturated carbocycles. The molecule has 0 fully saturated rings. The molecule has 0 aliphatic rings. The molecule has 2 amide bonds. The van der Waals surface area contributed by atoms with Crippen LogP contribution in [0, 0.1) is 0 Å². The van der Waals surface area contributed by atoms with E-state index in [1.807, 2.05) is 6.92 Å². The molecule has 148 valence electrons. The average molecular weight is 384 g/mol. The van der Waals surface area contributed by atoms with Gasteiger partial charge in [-0.2, -0.15) is 0 Å². The number of anilines is 2. The number of unbranched alkanes of at least 4 members (excludes halogenated alkanes) is 1. The maximum atomic E-state index is 12.1. The smallest absolute Gasteiger partial charge is 0.338 e. The van der Waals surface area contributed by atoms with Crippen LogP contribution in [0.1, 0.15) is 37.0 Å². The summed E-state index contributed by atoms with van der Waals surface area (Å²) in [5.41, 5.74) is 1.46. The molecule has 7 nitrogen and oxygen atoms in total. The van der Waals surface area contributed by atoms with E-state index < -0.39 is 0 Å². The highest BCUT2D eigenvalue weighted by molar-refractivity contribution is 5.94. The summed E-state index contributed by atoms with van der Waals surface area (Å²) in [6, 6.07) is 13.3. The van der Waals surface area contributed by atoms with Crippen LogP contribution in [0.15, 0.2) is 48.5 Å². The van der Waals surface area contributed by atoms with E-state index in [1.54, 1.807) is 48.5 Å². The molecule has 0 aromatic heterocycles. The molecule has 2 aromatic rings. The summed E-state index contributed by atoms with van der Waals surface area (Å²) in [4.78, 5) is 35.2. The quantitative estimate of drug-likeness (QED) is 0.509. The zero-order chi connectivity index (χ0) is 20.4. The van der Waals surface area contributed by atoms with E-state index in [4.69, 9.17) is 9.47 Å². The third-order valence-corrected chi connectivity index (χ3v) is 3.69. The Hall–Kier alpha value is -3.35.